The first-order valence-electron chi connectivity index (χ1n) is 8.21. The fraction of sp³-hybridized carbons (Fsp3) is 0.556. The number of piperidine rings is 1. The van der Waals surface area contributed by atoms with E-state index < -0.39 is 0 Å². The molecule has 1 amide bonds. The summed E-state index contributed by atoms with van der Waals surface area (Å²) in [5.74, 6) is 0.567. The molecule has 5 heteroatoms. The minimum absolute atomic E-state index is 0.106. The molecular formula is C18H25NO4. The molecule has 1 saturated heterocycles. The molecule has 1 heterocycles. The van der Waals surface area contributed by atoms with E-state index in [0.29, 0.717) is 26.0 Å². The summed E-state index contributed by atoms with van der Waals surface area (Å²) in [5, 5.41) is 0. The lowest BCUT2D eigenvalue weighted by atomic mass is 9.97. The fourth-order valence-electron chi connectivity index (χ4n) is 2.86. The van der Waals surface area contributed by atoms with Crippen molar-refractivity contribution in [3.8, 4) is 5.75 Å². The predicted molar refractivity (Wildman–Crippen MR) is 87.3 cm³/mol. The van der Waals surface area contributed by atoms with Crippen LogP contribution in [-0.4, -0.2) is 43.6 Å². The standard InChI is InChI=1S/C18H25NO4/c1-3-23-18(21)15-5-4-12-19(13-15)17(20)11-8-14-6-9-16(22-2)10-7-14/h6-7,9-10,15H,3-5,8,11-13H2,1-2H3/t15-/m0/s1. The second-order valence-electron chi connectivity index (χ2n) is 5.78. The van der Waals surface area contributed by atoms with Crippen molar-refractivity contribution in [1.29, 1.82) is 0 Å². The van der Waals surface area contributed by atoms with Gasteiger partial charge in [0.1, 0.15) is 5.75 Å². The number of amides is 1. The Labute approximate surface area is 137 Å². The molecule has 5 nitrogen and oxygen atoms in total. The van der Waals surface area contributed by atoms with E-state index in [0.717, 1.165) is 30.7 Å². The quantitative estimate of drug-likeness (QED) is 0.756. The van der Waals surface area contributed by atoms with Gasteiger partial charge in [-0.3, -0.25) is 9.59 Å². The molecule has 0 aromatic heterocycles. The summed E-state index contributed by atoms with van der Waals surface area (Å²) in [7, 11) is 1.63. The van der Waals surface area contributed by atoms with Crippen LogP contribution in [0.25, 0.3) is 0 Å². The Morgan fingerprint density at radius 2 is 2.00 bits per heavy atom. The molecule has 1 aliphatic rings. The highest BCUT2D eigenvalue weighted by molar-refractivity contribution is 5.78. The highest BCUT2D eigenvalue weighted by Crippen LogP contribution is 2.19. The molecule has 23 heavy (non-hydrogen) atoms. The van der Waals surface area contributed by atoms with Crippen LogP contribution in [0.3, 0.4) is 0 Å². The van der Waals surface area contributed by atoms with Crippen LogP contribution in [0.5, 0.6) is 5.75 Å². The Balaban J connectivity index is 1.83. The Morgan fingerprint density at radius 1 is 1.26 bits per heavy atom. The zero-order valence-electron chi connectivity index (χ0n) is 13.9. The zero-order valence-corrected chi connectivity index (χ0v) is 13.9. The first kappa shape index (κ1) is 17.3. The lowest BCUT2D eigenvalue weighted by Gasteiger charge is -2.31. The molecule has 0 unspecified atom stereocenters. The Kier molecular flexibility index (Phi) is 6.44. The van der Waals surface area contributed by atoms with Crippen molar-refractivity contribution in [1.82, 2.24) is 4.90 Å². The van der Waals surface area contributed by atoms with Crippen LogP contribution < -0.4 is 4.74 Å². The molecule has 0 saturated carbocycles. The highest BCUT2D eigenvalue weighted by atomic mass is 16.5. The molecule has 2 rings (SSSR count). The number of benzene rings is 1. The molecule has 1 fully saturated rings. The van der Waals surface area contributed by atoms with E-state index in [-0.39, 0.29) is 17.8 Å². The number of rotatable bonds is 6. The van der Waals surface area contributed by atoms with Gasteiger partial charge >= 0.3 is 5.97 Å². The third-order valence-corrected chi connectivity index (χ3v) is 4.18. The molecule has 0 radical (unpaired) electrons. The molecule has 0 aliphatic carbocycles. The zero-order chi connectivity index (χ0) is 16.7. The van der Waals surface area contributed by atoms with E-state index in [1.54, 1.807) is 18.9 Å². The number of hydrogen-bond acceptors (Lipinski definition) is 4. The molecular weight excluding hydrogens is 294 g/mol. The van der Waals surface area contributed by atoms with Crippen LogP contribution in [0.15, 0.2) is 24.3 Å². The average molecular weight is 319 g/mol. The van der Waals surface area contributed by atoms with E-state index in [4.69, 9.17) is 9.47 Å². The van der Waals surface area contributed by atoms with Gasteiger partial charge in [0.2, 0.25) is 5.91 Å². The number of esters is 1. The summed E-state index contributed by atoms with van der Waals surface area (Å²) in [4.78, 5) is 26.0. The summed E-state index contributed by atoms with van der Waals surface area (Å²) in [6.07, 6.45) is 2.82. The minimum Gasteiger partial charge on any atom is -0.497 e. The monoisotopic (exact) mass is 319 g/mol. The summed E-state index contributed by atoms with van der Waals surface area (Å²) < 4.78 is 10.2. The average Bonchev–Trinajstić information content (AvgIpc) is 2.60. The smallest absolute Gasteiger partial charge is 0.310 e. The Morgan fingerprint density at radius 3 is 2.65 bits per heavy atom. The second kappa shape index (κ2) is 8.56. The number of carbonyl (C=O) groups excluding carboxylic acids is 2. The van der Waals surface area contributed by atoms with Crippen molar-refractivity contribution in [3.63, 3.8) is 0 Å². The van der Waals surface area contributed by atoms with Gasteiger partial charge in [0.15, 0.2) is 0 Å². The highest BCUT2D eigenvalue weighted by Gasteiger charge is 2.28. The fourth-order valence-corrected chi connectivity index (χ4v) is 2.86. The van der Waals surface area contributed by atoms with E-state index in [1.807, 2.05) is 24.3 Å². The molecule has 126 valence electrons. The van der Waals surface area contributed by atoms with Crippen molar-refractivity contribution < 1.29 is 19.1 Å². The summed E-state index contributed by atoms with van der Waals surface area (Å²) in [5.41, 5.74) is 1.11. The van der Waals surface area contributed by atoms with Crippen molar-refractivity contribution in [2.24, 2.45) is 5.92 Å². The first-order valence-corrected chi connectivity index (χ1v) is 8.21. The third kappa shape index (κ3) is 4.98. The number of methoxy groups -OCH3 is 1. The predicted octanol–water partition coefficient (Wildman–Crippen LogP) is 2.43. The van der Waals surface area contributed by atoms with Gasteiger partial charge in [-0.2, -0.15) is 0 Å². The van der Waals surface area contributed by atoms with E-state index in [2.05, 4.69) is 0 Å². The van der Waals surface area contributed by atoms with Crippen LogP contribution in [-0.2, 0) is 20.7 Å². The van der Waals surface area contributed by atoms with Gasteiger partial charge < -0.3 is 14.4 Å². The Hall–Kier alpha value is -2.04. The number of hydrogen-bond donors (Lipinski definition) is 0. The molecule has 0 spiro atoms. The lowest BCUT2D eigenvalue weighted by molar-refractivity contribution is -0.151. The van der Waals surface area contributed by atoms with Crippen molar-refractivity contribution in [2.45, 2.75) is 32.6 Å². The molecule has 1 atom stereocenters. The summed E-state index contributed by atoms with van der Waals surface area (Å²) in [6, 6.07) is 7.75. The largest absolute Gasteiger partial charge is 0.497 e. The van der Waals surface area contributed by atoms with E-state index in [9.17, 15) is 9.59 Å². The van der Waals surface area contributed by atoms with Crippen LogP contribution in [0.1, 0.15) is 31.7 Å². The summed E-state index contributed by atoms with van der Waals surface area (Å²) >= 11 is 0. The minimum atomic E-state index is -0.180. The number of likely N-dealkylation sites (tertiary alicyclic amines) is 1. The van der Waals surface area contributed by atoms with Crippen molar-refractivity contribution in [2.75, 3.05) is 26.8 Å². The molecule has 0 N–H and O–H groups in total. The van der Waals surface area contributed by atoms with Crippen molar-refractivity contribution >= 4 is 11.9 Å². The second-order valence-corrected chi connectivity index (χ2v) is 5.78. The van der Waals surface area contributed by atoms with E-state index in [1.165, 1.54) is 0 Å². The number of carbonyl (C=O) groups is 2. The SMILES string of the molecule is CCOC(=O)[C@H]1CCCN(C(=O)CCc2ccc(OC)cc2)C1. The molecule has 1 aromatic carbocycles. The maximum atomic E-state index is 12.4. The van der Waals surface area contributed by atoms with Gasteiger partial charge in [0.25, 0.3) is 0 Å². The normalized spacial score (nSPS) is 17.7. The number of nitrogens with zero attached hydrogens (tertiary/aromatic N) is 1. The Bertz CT molecular complexity index is 526. The third-order valence-electron chi connectivity index (χ3n) is 4.18. The van der Waals surface area contributed by atoms with Crippen LogP contribution >= 0.6 is 0 Å². The molecule has 1 aliphatic heterocycles. The molecule has 1 aromatic rings. The van der Waals surface area contributed by atoms with Gasteiger partial charge in [-0.15, -0.1) is 0 Å². The van der Waals surface area contributed by atoms with Gasteiger partial charge in [-0.25, -0.2) is 0 Å². The van der Waals surface area contributed by atoms with Crippen LogP contribution in [0.2, 0.25) is 0 Å². The molecule has 0 bridgehead atoms. The topological polar surface area (TPSA) is 55.8 Å². The number of aryl methyl sites for hydroxylation is 1. The van der Waals surface area contributed by atoms with Crippen LogP contribution in [0.4, 0.5) is 0 Å². The van der Waals surface area contributed by atoms with Crippen LogP contribution in [0, 0.1) is 5.92 Å². The maximum Gasteiger partial charge on any atom is 0.310 e. The number of ether oxygens (including phenoxy) is 2. The van der Waals surface area contributed by atoms with Gasteiger partial charge in [-0.1, -0.05) is 12.1 Å². The van der Waals surface area contributed by atoms with E-state index >= 15 is 0 Å². The lowest BCUT2D eigenvalue weighted by Crippen LogP contribution is -2.42. The van der Waals surface area contributed by atoms with Gasteiger partial charge in [0.05, 0.1) is 19.6 Å². The van der Waals surface area contributed by atoms with Gasteiger partial charge in [0, 0.05) is 19.5 Å². The summed E-state index contributed by atoms with van der Waals surface area (Å²) in [6.45, 7) is 3.41. The first-order chi connectivity index (χ1) is 11.1. The van der Waals surface area contributed by atoms with Gasteiger partial charge in [-0.05, 0) is 43.9 Å². The van der Waals surface area contributed by atoms with Crippen molar-refractivity contribution in [3.05, 3.63) is 29.8 Å². The maximum absolute atomic E-state index is 12.4.